The highest BCUT2D eigenvalue weighted by atomic mass is 35.5. The van der Waals surface area contributed by atoms with Gasteiger partial charge in [-0.3, -0.25) is 4.79 Å². The first-order chi connectivity index (χ1) is 9.45. The molecular formula is C13H13Cl2NO4. The molecule has 7 heteroatoms. The molecule has 5 nitrogen and oxygen atoms in total. The molecule has 0 radical (unpaired) electrons. The minimum Gasteiger partial charge on any atom is -0.494 e. The molecule has 108 valence electrons. The number of hydrogen-bond donors (Lipinski definition) is 1. The van der Waals surface area contributed by atoms with Gasteiger partial charge in [-0.05, 0) is 25.0 Å². The lowest BCUT2D eigenvalue weighted by Gasteiger charge is -2.22. The number of nitrogens with zero attached hydrogens (tertiary/aromatic N) is 1. The maximum absolute atomic E-state index is 12.4. The van der Waals surface area contributed by atoms with Gasteiger partial charge in [-0.25, -0.2) is 4.79 Å². The molecule has 0 aliphatic carbocycles. The molecule has 1 fully saturated rings. The van der Waals surface area contributed by atoms with Crippen molar-refractivity contribution in [3.8, 4) is 5.75 Å². The van der Waals surface area contributed by atoms with Crippen molar-refractivity contribution in [2.75, 3.05) is 13.7 Å². The van der Waals surface area contributed by atoms with E-state index in [9.17, 15) is 9.59 Å². The van der Waals surface area contributed by atoms with Gasteiger partial charge in [-0.2, -0.15) is 0 Å². The van der Waals surface area contributed by atoms with E-state index >= 15 is 0 Å². The van der Waals surface area contributed by atoms with Crippen LogP contribution in [0.25, 0.3) is 0 Å². The molecule has 1 aliphatic rings. The molecule has 1 amide bonds. The fraction of sp³-hybridized carbons (Fsp3) is 0.385. The lowest BCUT2D eigenvalue weighted by molar-refractivity contribution is -0.141. The van der Waals surface area contributed by atoms with E-state index in [2.05, 4.69) is 0 Å². The van der Waals surface area contributed by atoms with Crippen LogP contribution in [0.5, 0.6) is 5.75 Å². The Morgan fingerprint density at radius 3 is 2.45 bits per heavy atom. The number of halogens is 2. The van der Waals surface area contributed by atoms with Crippen LogP contribution in [0.3, 0.4) is 0 Å². The van der Waals surface area contributed by atoms with Gasteiger partial charge in [0.2, 0.25) is 0 Å². The van der Waals surface area contributed by atoms with E-state index < -0.39 is 12.0 Å². The van der Waals surface area contributed by atoms with Crippen LogP contribution in [-0.4, -0.2) is 41.6 Å². The quantitative estimate of drug-likeness (QED) is 0.930. The Hall–Kier alpha value is -1.46. The van der Waals surface area contributed by atoms with Gasteiger partial charge in [-0.1, -0.05) is 23.2 Å². The second-order valence-corrected chi connectivity index (χ2v) is 5.28. The SMILES string of the molecule is COc1c(Cl)cc(C(=O)N2CCCC2C(=O)O)cc1Cl. The summed E-state index contributed by atoms with van der Waals surface area (Å²) in [4.78, 5) is 24.8. The van der Waals surface area contributed by atoms with Crippen molar-refractivity contribution in [1.29, 1.82) is 0 Å². The summed E-state index contributed by atoms with van der Waals surface area (Å²) in [5, 5.41) is 9.54. The Bertz CT molecular complexity index is 538. The van der Waals surface area contributed by atoms with E-state index in [-0.39, 0.29) is 21.5 Å². The van der Waals surface area contributed by atoms with E-state index in [1.54, 1.807) is 0 Å². The van der Waals surface area contributed by atoms with Crippen LogP contribution in [0.2, 0.25) is 10.0 Å². The first-order valence-electron chi connectivity index (χ1n) is 6.02. The van der Waals surface area contributed by atoms with E-state index in [0.717, 1.165) is 0 Å². The van der Waals surface area contributed by atoms with Crippen molar-refractivity contribution in [2.24, 2.45) is 0 Å². The number of carboxylic acid groups (broad SMARTS) is 1. The maximum atomic E-state index is 12.4. The zero-order valence-electron chi connectivity index (χ0n) is 10.7. The molecule has 1 atom stereocenters. The molecule has 1 aromatic rings. The first-order valence-corrected chi connectivity index (χ1v) is 6.78. The number of rotatable bonds is 3. The third-order valence-corrected chi connectivity index (χ3v) is 3.81. The predicted octanol–water partition coefficient (Wildman–Crippen LogP) is 2.69. The molecule has 1 N–H and O–H groups in total. The van der Waals surface area contributed by atoms with Gasteiger partial charge in [0.1, 0.15) is 6.04 Å². The summed E-state index contributed by atoms with van der Waals surface area (Å²) in [5.74, 6) is -1.09. The molecule has 0 saturated carbocycles. The summed E-state index contributed by atoms with van der Waals surface area (Å²) in [6.07, 6.45) is 1.12. The van der Waals surface area contributed by atoms with E-state index in [0.29, 0.717) is 25.1 Å². The first kappa shape index (κ1) is 14.9. The molecule has 1 heterocycles. The summed E-state index contributed by atoms with van der Waals surface area (Å²) < 4.78 is 5.01. The summed E-state index contributed by atoms with van der Waals surface area (Å²) in [7, 11) is 1.43. The molecule has 2 rings (SSSR count). The van der Waals surface area contributed by atoms with Crippen LogP contribution in [0, 0.1) is 0 Å². The number of carbonyl (C=O) groups is 2. The van der Waals surface area contributed by atoms with Crippen molar-refractivity contribution in [1.82, 2.24) is 4.90 Å². The summed E-state index contributed by atoms with van der Waals surface area (Å²) in [6.45, 7) is 0.414. The minimum atomic E-state index is -0.999. The number of aliphatic carboxylic acids is 1. The van der Waals surface area contributed by atoms with E-state index in [4.69, 9.17) is 33.0 Å². The zero-order chi connectivity index (χ0) is 14.9. The van der Waals surface area contributed by atoms with Gasteiger partial charge < -0.3 is 14.7 Å². The Labute approximate surface area is 126 Å². The van der Waals surface area contributed by atoms with Gasteiger partial charge in [0, 0.05) is 12.1 Å². The highest BCUT2D eigenvalue weighted by Crippen LogP contribution is 2.34. The molecule has 1 saturated heterocycles. The molecular weight excluding hydrogens is 305 g/mol. The molecule has 1 aliphatic heterocycles. The normalized spacial score (nSPS) is 18.1. The van der Waals surface area contributed by atoms with E-state index in [1.165, 1.54) is 24.1 Å². The topological polar surface area (TPSA) is 66.8 Å². The molecule has 0 spiro atoms. The van der Waals surface area contributed by atoms with Gasteiger partial charge >= 0.3 is 5.97 Å². The van der Waals surface area contributed by atoms with Crippen molar-refractivity contribution >= 4 is 35.1 Å². The average Bonchev–Trinajstić information content (AvgIpc) is 2.86. The number of likely N-dealkylation sites (tertiary alicyclic amines) is 1. The number of carbonyl (C=O) groups excluding carboxylic acids is 1. The van der Waals surface area contributed by atoms with Crippen molar-refractivity contribution in [3.63, 3.8) is 0 Å². The van der Waals surface area contributed by atoms with Crippen LogP contribution in [0.1, 0.15) is 23.2 Å². The Morgan fingerprint density at radius 2 is 1.95 bits per heavy atom. The molecule has 1 unspecified atom stereocenters. The standard InChI is InChI=1S/C13H13Cl2NO4/c1-20-11-8(14)5-7(6-9(11)15)12(17)16-4-2-3-10(16)13(18)19/h5-6,10H,2-4H2,1H3,(H,18,19). The fourth-order valence-electron chi connectivity index (χ4n) is 2.31. The maximum Gasteiger partial charge on any atom is 0.326 e. The van der Waals surface area contributed by atoms with Gasteiger partial charge in [-0.15, -0.1) is 0 Å². The van der Waals surface area contributed by atoms with Crippen LogP contribution in [0.15, 0.2) is 12.1 Å². The predicted molar refractivity (Wildman–Crippen MR) is 74.7 cm³/mol. The third-order valence-electron chi connectivity index (χ3n) is 3.25. The minimum absolute atomic E-state index is 0.217. The van der Waals surface area contributed by atoms with Gasteiger partial charge in [0.25, 0.3) is 5.91 Å². The average molecular weight is 318 g/mol. The number of benzene rings is 1. The highest BCUT2D eigenvalue weighted by molar-refractivity contribution is 6.37. The number of hydrogen-bond acceptors (Lipinski definition) is 3. The number of methoxy groups -OCH3 is 1. The highest BCUT2D eigenvalue weighted by Gasteiger charge is 2.34. The lowest BCUT2D eigenvalue weighted by atomic mass is 10.1. The third kappa shape index (κ3) is 2.69. The Kier molecular flexibility index (Phi) is 4.40. The van der Waals surface area contributed by atoms with Crippen molar-refractivity contribution in [3.05, 3.63) is 27.7 Å². The smallest absolute Gasteiger partial charge is 0.326 e. The van der Waals surface area contributed by atoms with Crippen molar-refractivity contribution < 1.29 is 19.4 Å². The second kappa shape index (κ2) is 5.89. The number of ether oxygens (including phenoxy) is 1. The lowest BCUT2D eigenvalue weighted by Crippen LogP contribution is -2.40. The molecule has 0 aromatic heterocycles. The Morgan fingerprint density at radius 1 is 1.35 bits per heavy atom. The monoisotopic (exact) mass is 317 g/mol. The van der Waals surface area contributed by atoms with Gasteiger partial charge in [0.05, 0.1) is 17.2 Å². The van der Waals surface area contributed by atoms with Crippen LogP contribution >= 0.6 is 23.2 Å². The molecule has 1 aromatic carbocycles. The second-order valence-electron chi connectivity index (χ2n) is 4.47. The summed E-state index contributed by atoms with van der Waals surface area (Å²) in [5.41, 5.74) is 0.258. The number of carboxylic acids is 1. The zero-order valence-corrected chi connectivity index (χ0v) is 12.2. The summed E-state index contributed by atoms with van der Waals surface area (Å²) >= 11 is 12.0. The van der Waals surface area contributed by atoms with Crippen LogP contribution in [0.4, 0.5) is 0 Å². The largest absolute Gasteiger partial charge is 0.494 e. The number of amides is 1. The fourth-order valence-corrected chi connectivity index (χ4v) is 2.95. The van der Waals surface area contributed by atoms with E-state index in [1.807, 2.05) is 0 Å². The molecule has 20 heavy (non-hydrogen) atoms. The summed E-state index contributed by atoms with van der Waals surface area (Å²) in [6, 6.07) is 2.08. The Balaban J connectivity index is 2.32. The van der Waals surface area contributed by atoms with Gasteiger partial charge in [0.15, 0.2) is 5.75 Å². The van der Waals surface area contributed by atoms with Crippen molar-refractivity contribution in [2.45, 2.75) is 18.9 Å². The van der Waals surface area contributed by atoms with Crippen LogP contribution in [-0.2, 0) is 4.79 Å². The molecule has 0 bridgehead atoms. The van der Waals surface area contributed by atoms with Crippen LogP contribution < -0.4 is 4.74 Å².